The monoisotopic (exact) mass is 319 g/mol. The van der Waals surface area contributed by atoms with Crippen LogP contribution >= 0.6 is 11.8 Å². The average Bonchev–Trinajstić information content (AvgIpc) is 3.14. The molecule has 0 amide bonds. The minimum Gasteiger partial charge on any atom is -0.288 e. The quantitative estimate of drug-likeness (QED) is 0.498. The molecule has 1 N–H and O–H groups in total. The average molecular weight is 319 g/mol. The standard InChI is InChI=1S/C12H13N7O2S/c1-12(13-6-7-14-12)8-22-11-15-16-17-18(11)9-4-2-3-5-10(9)19(20)21/h2-6,14H,7-8H2,1H3. The molecular formula is C12H13N7O2S. The lowest BCUT2D eigenvalue weighted by molar-refractivity contribution is -0.384. The Balaban J connectivity index is 1.86. The third-order valence-corrected chi connectivity index (χ3v) is 4.40. The van der Waals surface area contributed by atoms with E-state index in [1.165, 1.54) is 22.5 Å². The van der Waals surface area contributed by atoms with Crippen molar-refractivity contribution in [1.29, 1.82) is 0 Å². The molecule has 1 aliphatic heterocycles. The van der Waals surface area contributed by atoms with Crippen LogP contribution in [0.3, 0.4) is 0 Å². The van der Waals surface area contributed by atoms with Gasteiger partial charge in [-0.1, -0.05) is 23.9 Å². The molecule has 0 aliphatic carbocycles. The molecular weight excluding hydrogens is 306 g/mol. The molecule has 1 unspecified atom stereocenters. The lowest BCUT2D eigenvalue weighted by Crippen LogP contribution is -2.38. The number of nitrogens with one attached hydrogen (secondary N) is 1. The van der Waals surface area contributed by atoms with Crippen LogP contribution in [0, 0.1) is 10.1 Å². The maximum atomic E-state index is 11.1. The summed E-state index contributed by atoms with van der Waals surface area (Å²) in [5.41, 5.74) is -0.0720. The fourth-order valence-corrected chi connectivity index (χ4v) is 3.01. The van der Waals surface area contributed by atoms with Crippen LogP contribution in [0.1, 0.15) is 6.92 Å². The zero-order valence-corrected chi connectivity index (χ0v) is 12.5. The highest BCUT2D eigenvalue weighted by molar-refractivity contribution is 7.99. The Morgan fingerprint density at radius 1 is 1.50 bits per heavy atom. The first-order chi connectivity index (χ1) is 10.6. The smallest absolute Gasteiger partial charge is 0.288 e. The minimum absolute atomic E-state index is 0.0418. The first-order valence-corrected chi connectivity index (χ1v) is 7.51. The molecule has 0 fully saturated rings. The number of rotatable bonds is 5. The zero-order valence-electron chi connectivity index (χ0n) is 11.7. The maximum Gasteiger partial charge on any atom is 0.295 e. The van der Waals surface area contributed by atoms with Gasteiger partial charge in [0.15, 0.2) is 0 Å². The van der Waals surface area contributed by atoms with Gasteiger partial charge >= 0.3 is 0 Å². The molecule has 0 spiro atoms. The van der Waals surface area contributed by atoms with Crippen molar-refractivity contribution < 1.29 is 4.92 Å². The fourth-order valence-electron chi connectivity index (χ4n) is 2.07. The van der Waals surface area contributed by atoms with Crippen LogP contribution in [0.15, 0.2) is 34.4 Å². The van der Waals surface area contributed by atoms with Gasteiger partial charge < -0.3 is 0 Å². The molecule has 10 heteroatoms. The van der Waals surface area contributed by atoms with Crippen molar-refractivity contribution in [1.82, 2.24) is 25.5 Å². The van der Waals surface area contributed by atoms with Gasteiger partial charge in [-0.2, -0.15) is 4.68 Å². The maximum absolute atomic E-state index is 11.1. The topological polar surface area (TPSA) is 111 Å². The van der Waals surface area contributed by atoms with Crippen LogP contribution in [0.25, 0.3) is 5.69 Å². The number of thioether (sulfide) groups is 1. The van der Waals surface area contributed by atoms with Gasteiger partial charge in [0, 0.05) is 24.6 Å². The third kappa shape index (κ3) is 2.83. The second kappa shape index (κ2) is 5.81. The van der Waals surface area contributed by atoms with Crippen LogP contribution < -0.4 is 5.32 Å². The van der Waals surface area contributed by atoms with Gasteiger partial charge in [0.2, 0.25) is 5.16 Å². The predicted octanol–water partition coefficient (Wildman–Crippen LogP) is 1.05. The molecule has 1 aromatic heterocycles. The lowest BCUT2D eigenvalue weighted by atomic mass is 10.3. The highest BCUT2D eigenvalue weighted by atomic mass is 32.2. The van der Waals surface area contributed by atoms with E-state index in [4.69, 9.17) is 0 Å². The number of para-hydroxylation sites is 2. The number of benzene rings is 1. The fraction of sp³-hybridized carbons (Fsp3) is 0.333. The van der Waals surface area contributed by atoms with Crippen LogP contribution in [-0.4, -0.2) is 49.3 Å². The first-order valence-electron chi connectivity index (χ1n) is 6.53. The van der Waals surface area contributed by atoms with Crippen molar-refractivity contribution in [3.63, 3.8) is 0 Å². The van der Waals surface area contributed by atoms with Gasteiger partial charge in [0.25, 0.3) is 5.69 Å². The number of aliphatic imine (C=N–C) groups is 1. The van der Waals surface area contributed by atoms with Crippen molar-refractivity contribution in [3.8, 4) is 5.69 Å². The molecule has 9 nitrogen and oxygen atoms in total. The van der Waals surface area contributed by atoms with Crippen molar-refractivity contribution >= 4 is 23.7 Å². The van der Waals surface area contributed by atoms with Gasteiger partial charge in [0.05, 0.1) is 4.92 Å². The summed E-state index contributed by atoms with van der Waals surface area (Å²) in [6.45, 7) is 2.70. The van der Waals surface area contributed by atoms with Gasteiger partial charge in [0.1, 0.15) is 11.4 Å². The van der Waals surface area contributed by atoms with E-state index in [1.54, 1.807) is 18.2 Å². The number of nitrogens with zero attached hydrogens (tertiary/aromatic N) is 6. The van der Waals surface area contributed by atoms with E-state index in [0.29, 0.717) is 16.6 Å². The SMILES string of the molecule is CC1(CSc2nnnn2-c2ccccc2[N+](=O)[O-])N=CCN1. The summed E-state index contributed by atoms with van der Waals surface area (Å²) in [6, 6.07) is 6.36. The van der Waals surface area contributed by atoms with Gasteiger partial charge in [-0.05, 0) is 23.4 Å². The summed E-state index contributed by atoms with van der Waals surface area (Å²) in [5, 5.41) is 26.3. The summed E-state index contributed by atoms with van der Waals surface area (Å²) in [4.78, 5) is 15.1. The molecule has 1 aromatic carbocycles. The zero-order chi connectivity index (χ0) is 15.6. The largest absolute Gasteiger partial charge is 0.295 e. The van der Waals surface area contributed by atoms with Crippen LogP contribution in [0.5, 0.6) is 0 Å². The van der Waals surface area contributed by atoms with E-state index in [-0.39, 0.29) is 11.4 Å². The number of nitro groups is 1. The Morgan fingerprint density at radius 2 is 2.32 bits per heavy atom. The Hall–Kier alpha value is -2.33. The van der Waals surface area contributed by atoms with Gasteiger partial charge in [-0.25, -0.2) is 0 Å². The Morgan fingerprint density at radius 3 is 3.05 bits per heavy atom. The molecule has 3 rings (SSSR count). The second-order valence-corrected chi connectivity index (χ2v) is 5.82. The summed E-state index contributed by atoms with van der Waals surface area (Å²) in [5.74, 6) is 0.616. The van der Waals surface area contributed by atoms with Crippen molar-refractivity contribution in [3.05, 3.63) is 34.4 Å². The van der Waals surface area contributed by atoms with Crippen LogP contribution in [-0.2, 0) is 0 Å². The lowest BCUT2D eigenvalue weighted by Gasteiger charge is -2.20. The van der Waals surface area contributed by atoms with Gasteiger partial charge in [-0.3, -0.25) is 20.4 Å². The van der Waals surface area contributed by atoms with Crippen molar-refractivity contribution in [2.45, 2.75) is 17.7 Å². The molecule has 0 saturated heterocycles. The molecule has 114 valence electrons. The normalized spacial score (nSPS) is 20.4. The molecule has 1 atom stereocenters. The Kier molecular flexibility index (Phi) is 3.86. The van der Waals surface area contributed by atoms with Gasteiger partial charge in [-0.15, -0.1) is 5.10 Å². The highest BCUT2D eigenvalue weighted by Gasteiger charge is 2.27. The van der Waals surface area contributed by atoms with Crippen LogP contribution in [0.4, 0.5) is 5.69 Å². The Bertz CT molecular complexity index is 732. The number of hydrogen-bond acceptors (Lipinski definition) is 8. The van der Waals surface area contributed by atoms with E-state index in [1.807, 2.05) is 13.1 Å². The highest BCUT2D eigenvalue weighted by Crippen LogP contribution is 2.27. The second-order valence-electron chi connectivity index (χ2n) is 4.87. The Labute approximate surface area is 130 Å². The number of nitro benzene ring substituents is 1. The predicted molar refractivity (Wildman–Crippen MR) is 81.4 cm³/mol. The van der Waals surface area contributed by atoms with Crippen molar-refractivity contribution in [2.24, 2.45) is 4.99 Å². The summed E-state index contributed by atoms with van der Waals surface area (Å²) < 4.78 is 1.38. The van der Waals surface area contributed by atoms with Crippen LogP contribution in [0.2, 0.25) is 0 Å². The number of aromatic nitrogens is 4. The van der Waals surface area contributed by atoms with E-state index < -0.39 is 4.92 Å². The third-order valence-electron chi connectivity index (χ3n) is 3.18. The van der Waals surface area contributed by atoms with Crippen molar-refractivity contribution in [2.75, 3.05) is 12.3 Å². The number of tetrazole rings is 1. The van der Waals surface area contributed by atoms with E-state index in [0.717, 1.165) is 6.54 Å². The molecule has 2 heterocycles. The van der Waals surface area contributed by atoms with E-state index >= 15 is 0 Å². The molecule has 1 aliphatic rings. The van der Waals surface area contributed by atoms with E-state index in [9.17, 15) is 10.1 Å². The molecule has 0 saturated carbocycles. The van der Waals surface area contributed by atoms with E-state index in [2.05, 4.69) is 25.8 Å². The first kappa shape index (κ1) is 14.6. The minimum atomic E-state index is -0.449. The summed E-state index contributed by atoms with van der Waals surface area (Å²) >= 11 is 1.39. The molecule has 2 aromatic rings. The molecule has 22 heavy (non-hydrogen) atoms. The molecule has 0 bridgehead atoms. The summed E-state index contributed by atoms with van der Waals surface area (Å²) in [7, 11) is 0. The summed E-state index contributed by atoms with van der Waals surface area (Å²) in [6.07, 6.45) is 1.82. The molecule has 0 radical (unpaired) electrons. The number of hydrogen-bond donors (Lipinski definition) is 1.